The van der Waals surface area contributed by atoms with Crippen LogP contribution in [0, 0.1) is 5.82 Å². The first-order valence-corrected chi connectivity index (χ1v) is 8.01. The minimum atomic E-state index is -0.297. The lowest BCUT2D eigenvalue weighted by Crippen LogP contribution is -2.18. The molecule has 0 fully saturated rings. The predicted octanol–water partition coefficient (Wildman–Crippen LogP) is 3.22. The van der Waals surface area contributed by atoms with E-state index in [1.54, 1.807) is 24.3 Å². The number of aromatic nitrogens is 3. The summed E-state index contributed by atoms with van der Waals surface area (Å²) in [4.78, 5) is 12.9. The SMILES string of the molecule is CCOC(C)COc1nc(N)nc2ccc(-c3ccc(F)cc3)nc12. The van der Waals surface area contributed by atoms with Crippen molar-refractivity contribution >= 4 is 17.0 Å². The van der Waals surface area contributed by atoms with Crippen molar-refractivity contribution < 1.29 is 13.9 Å². The van der Waals surface area contributed by atoms with Gasteiger partial charge in [0.25, 0.3) is 0 Å². The van der Waals surface area contributed by atoms with Gasteiger partial charge in [-0.05, 0) is 50.2 Å². The molecule has 0 amide bonds. The summed E-state index contributed by atoms with van der Waals surface area (Å²) in [6.45, 7) is 4.75. The van der Waals surface area contributed by atoms with E-state index in [1.807, 2.05) is 13.8 Å². The van der Waals surface area contributed by atoms with Crippen LogP contribution in [-0.4, -0.2) is 34.3 Å². The van der Waals surface area contributed by atoms with Gasteiger partial charge in [0.1, 0.15) is 12.4 Å². The lowest BCUT2D eigenvalue weighted by Gasteiger charge is -2.14. The number of hydrogen-bond donors (Lipinski definition) is 1. The molecule has 7 heteroatoms. The number of nitrogen functional groups attached to an aromatic ring is 1. The predicted molar refractivity (Wildman–Crippen MR) is 93.7 cm³/mol. The highest BCUT2D eigenvalue weighted by molar-refractivity contribution is 5.83. The van der Waals surface area contributed by atoms with Crippen molar-refractivity contribution in [2.75, 3.05) is 18.9 Å². The van der Waals surface area contributed by atoms with Crippen molar-refractivity contribution in [1.29, 1.82) is 0 Å². The average Bonchev–Trinajstić information content (AvgIpc) is 2.60. The molecule has 0 saturated carbocycles. The van der Waals surface area contributed by atoms with Crippen LogP contribution in [0.3, 0.4) is 0 Å². The van der Waals surface area contributed by atoms with E-state index in [0.717, 1.165) is 5.56 Å². The quantitative estimate of drug-likeness (QED) is 0.740. The van der Waals surface area contributed by atoms with Crippen LogP contribution in [0.2, 0.25) is 0 Å². The highest BCUT2D eigenvalue weighted by Gasteiger charge is 2.13. The van der Waals surface area contributed by atoms with Crippen molar-refractivity contribution in [1.82, 2.24) is 15.0 Å². The summed E-state index contributed by atoms with van der Waals surface area (Å²) in [5.74, 6) is 0.121. The second kappa shape index (κ2) is 7.40. The molecule has 1 atom stereocenters. The first-order valence-electron chi connectivity index (χ1n) is 8.01. The number of pyridine rings is 1. The number of anilines is 1. The Morgan fingerprint density at radius 1 is 1.08 bits per heavy atom. The van der Waals surface area contributed by atoms with Gasteiger partial charge in [0.2, 0.25) is 11.8 Å². The molecule has 2 heterocycles. The van der Waals surface area contributed by atoms with E-state index < -0.39 is 0 Å². The fourth-order valence-electron chi connectivity index (χ4n) is 2.42. The largest absolute Gasteiger partial charge is 0.473 e. The van der Waals surface area contributed by atoms with Crippen LogP contribution in [0.1, 0.15) is 13.8 Å². The van der Waals surface area contributed by atoms with E-state index >= 15 is 0 Å². The second-order valence-corrected chi connectivity index (χ2v) is 5.54. The number of benzene rings is 1. The molecule has 0 bridgehead atoms. The maximum Gasteiger partial charge on any atom is 0.245 e. The van der Waals surface area contributed by atoms with E-state index in [1.165, 1.54) is 12.1 Å². The summed E-state index contributed by atoms with van der Waals surface area (Å²) in [5, 5.41) is 0. The Morgan fingerprint density at radius 2 is 1.84 bits per heavy atom. The molecule has 3 aromatic rings. The third-order valence-electron chi connectivity index (χ3n) is 3.57. The highest BCUT2D eigenvalue weighted by Crippen LogP contribution is 2.26. The molecule has 0 aliphatic carbocycles. The zero-order chi connectivity index (χ0) is 17.8. The van der Waals surface area contributed by atoms with E-state index in [0.29, 0.717) is 35.8 Å². The van der Waals surface area contributed by atoms with E-state index in [2.05, 4.69) is 15.0 Å². The number of hydrogen-bond acceptors (Lipinski definition) is 6. The molecular formula is C18H19FN4O2. The van der Waals surface area contributed by atoms with Crippen LogP contribution in [-0.2, 0) is 4.74 Å². The molecule has 0 aliphatic rings. The van der Waals surface area contributed by atoms with Gasteiger partial charge in [-0.15, -0.1) is 0 Å². The molecule has 1 unspecified atom stereocenters. The van der Waals surface area contributed by atoms with E-state index in [9.17, 15) is 4.39 Å². The number of halogens is 1. The fourth-order valence-corrected chi connectivity index (χ4v) is 2.42. The van der Waals surface area contributed by atoms with Crippen LogP contribution in [0.4, 0.5) is 10.3 Å². The molecule has 1 aromatic carbocycles. The lowest BCUT2D eigenvalue weighted by atomic mass is 10.1. The lowest BCUT2D eigenvalue weighted by molar-refractivity contribution is 0.0394. The molecule has 0 aliphatic heterocycles. The molecule has 2 N–H and O–H groups in total. The third-order valence-corrected chi connectivity index (χ3v) is 3.57. The molecule has 130 valence electrons. The van der Waals surface area contributed by atoms with Crippen molar-refractivity contribution in [3.8, 4) is 17.1 Å². The fraction of sp³-hybridized carbons (Fsp3) is 0.278. The normalized spacial score (nSPS) is 12.3. The zero-order valence-corrected chi connectivity index (χ0v) is 14.1. The van der Waals surface area contributed by atoms with Gasteiger partial charge in [-0.2, -0.15) is 4.98 Å². The standard InChI is InChI=1S/C18H19FN4O2/c1-3-24-11(2)10-25-17-16-15(22-18(20)23-17)9-8-14(21-16)12-4-6-13(19)7-5-12/h4-9,11H,3,10H2,1-2H3,(H2,20,22,23). The maximum absolute atomic E-state index is 13.1. The van der Waals surface area contributed by atoms with Crippen LogP contribution in [0.5, 0.6) is 5.88 Å². The van der Waals surface area contributed by atoms with Crippen LogP contribution in [0.15, 0.2) is 36.4 Å². The molecule has 3 rings (SSSR count). The van der Waals surface area contributed by atoms with Gasteiger partial charge >= 0.3 is 0 Å². The summed E-state index contributed by atoms with van der Waals surface area (Å²) < 4.78 is 24.3. The van der Waals surface area contributed by atoms with Gasteiger partial charge < -0.3 is 15.2 Å². The molecule has 0 saturated heterocycles. The molecular weight excluding hydrogens is 323 g/mol. The van der Waals surface area contributed by atoms with Crippen molar-refractivity contribution in [3.05, 3.63) is 42.2 Å². The van der Waals surface area contributed by atoms with Crippen LogP contribution in [0.25, 0.3) is 22.3 Å². The van der Waals surface area contributed by atoms with Gasteiger partial charge in [0, 0.05) is 12.2 Å². The van der Waals surface area contributed by atoms with Crippen molar-refractivity contribution in [2.24, 2.45) is 0 Å². The Balaban J connectivity index is 1.97. The van der Waals surface area contributed by atoms with Gasteiger partial charge in [0.15, 0.2) is 5.52 Å². The Labute approximate surface area is 144 Å². The number of fused-ring (bicyclic) bond motifs is 1. The summed E-state index contributed by atoms with van der Waals surface area (Å²) in [6, 6.07) is 9.70. The zero-order valence-electron chi connectivity index (χ0n) is 14.1. The van der Waals surface area contributed by atoms with Crippen molar-refractivity contribution in [2.45, 2.75) is 20.0 Å². The third kappa shape index (κ3) is 4.00. The number of nitrogens with two attached hydrogens (primary N) is 1. The molecule has 0 spiro atoms. The maximum atomic E-state index is 13.1. The summed E-state index contributed by atoms with van der Waals surface area (Å²) in [5.41, 5.74) is 8.29. The van der Waals surface area contributed by atoms with Gasteiger partial charge in [-0.1, -0.05) is 0 Å². The van der Waals surface area contributed by atoms with Gasteiger partial charge in [0.05, 0.1) is 17.3 Å². The Bertz CT molecular complexity index is 871. The molecule has 25 heavy (non-hydrogen) atoms. The first kappa shape index (κ1) is 17.0. The average molecular weight is 342 g/mol. The van der Waals surface area contributed by atoms with Gasteiger partial charge in [-0.25, -0.2) is 14.4 Å². The highest BCUT2D eigenvalue weighted by atomic mass is 19.1. The Hall–Kier alpha value is -2.80. The Kier molecular flexibility index (Phi) is 5.04. The molecule has 0 radical (unpaired) electrons. The van der Waals surface area contributed by atoms with Gasteiger partial charge in [-0.3, -0.25) is 0 Å². The van der Waals surface area contributed by atoms with Crippen LogP contribution < -0.4 is 10.5 Å². The Morgan fingerprint density at radius 3 is 2.56 bits per heavy atom. The number of ether oxygens (including phenoxy) is 2. The van der Waals surface area contributed by atoms with Crippen molar-refractivity contribution in [3.63, 3.8) is 0 Å². The number of rotatable bonds is 6. The summed E-state index contributed by atoms with van der Waals surface area (Å²) in [7, 11) is 0. The molecule has 6 nitrogen and oxygen atoms in total. The van der Waals surface area contributed by atoms with Crippen LogP contribution >= 0.6 is 0 Å². The first-order chi connectivity index (χ1) is 12.1. The topological polar surface area (TPSA) is 83.2 Å². The minimum absolute atomic E-state index is 0.0866. The monoisotopic (exact) mass is 342 g/mol. The molecule has 2 aromatic heterocycles. The minimum Gasteiger partial charge on any atom is -0.473 e. The second-order valence-electron chi connectivity index (χ2n) is 5.54. The van der Waals surface area contributed by atoms with E-state index in [4.69, 9.17) is 15.2 Å². The van der Waals surface area contributed by atoms with E-state index in [-0.39, 0.29) is 17.9 Å². The summed E-state index contributed by atoms with van der Waals surface area (Å²) in [6.07, 6.45) is -0.0866. The number of nitrogens with zero attached hydrogens (tertiary/aromatic N) is 3. The summed E-state index contributed by atoms with van der Waals surface area (Å²) >= 11 is 0. The smallest absolute Gasteiger partial charge is 0.245 e.